The lowest BCUT2D eigenvalue weighted by atomic mass is 9.89. The molecule has 0 radical (unpaired) electrons. The molecule has 1 aromatic carbocycles. The molecule has 0 nitrogen and oxygen atoms in total. The summed E-state index contributed by atoms with van der Waals surface area (Å²) in [7, 11) is 0. The highest BCUT2D eigenvalue weighted by molar-refractivity contribution is 7.10. The third-order valence-corrected chi connectivity index (χ3v) is 3.78. The van der Waals surface area contributed by atoms with E-state index in [-0.39, 0.29) is 0 Å². The maximum Gasteiger partial charge on any atom is 0.0186 e. The Kier molecular flexibility index (Phi) is 3.79. The van der Waals surface area contributed by atoms with Crippen LogP contribution in [0.4, 0.5) is 0 Å². The van der Waals surface area contributed by atoms with Crippen molar-refractivity contribution in [2.45, 2.75) is 26.2 Å². The van der Waals surface area contributed by atoms with Crippen LogP contribution in [0.1, 0.15) is 36.6 Å². The van der Waals surface area contributed by atoms with E-state index in [1.807, 2.05) is 11.3 Å². The molecular weight excluding hydrogens is 212 g/mol. The van der Waals surface area contributed by atoms with Gasteiger partial charge in [0.05, 0.1) is 0 Å². The molecule has 0 aliphatic heterocycles. The molecule has 1 atom stereocenters. The minimum Gasteiger partial charge on any atom is -0.148 e. The van der Waals surface area contributed by atoms with Gasteiger partial charge in [-0.15, -0.1) is 11.3 Å². The first kappa shape index (κ1) is 11.4. The molecule has 0 saturated heterocycles. The molecule has 0 saturated carbocycles. The molecule has 0 spiro atoms. The van der Waals surface area contributed by atoms with Gasteiger partial charge in [0.15, 0.2) is 0 Å². The third kappa shape index (κ3) is 2.73. The van der Waals surface area contributed by atoms with Gasteiger partial charge < -0.3 is 0 Å². The zero-order valence-corrected chi connectivity index (χ0v) is 10.7. The Morgan fingerprint density at radius 3 is 2.31 bits per heavy atom. The first-order valence-electron chi connectivity index (χ1n) is 5.85. The summed E-state index contributed by atoms with van der Waals surface area (Å²) in [4.78, 5) is 1.49. The van der Waals surface area contributed by atoms with E-state index in [0.717, 1.165) is 5.92 Å². The molecule has 84 valence electrons. The topological polar surface area (TPSA) is 0 Å². The van der Waals surface area contributed by atoms with Crippen molar-refractivity contribution in [3.05, 3.63) is 58.3 Å². The fraction of sp³-hybridized carbons (Fsp3) is 0.333. The summed E-state index contributed by atoms with van der Waals surface area (Å²) in [6.45, 7) is 4.59. The summed E-state index contributed by atoms with van der Waals surface area (Å²) in [5, 5.41) is 2.17. The van der Waals surface area contributed by atoms with Crippen molar-refractivity contribution in [1.82, 2.24) is 0 Å². The minimum atomic E-state index is 0.571. The van der Waals surface area contributed by atoms with E-state index in [9.17, 15) is 0 Å². The van der Waals surface area contributed by atoms with Crippen LogP contribution < -0.4 is 0 Å². The van der Waals surface area contributed by atoms with E-state index in [1.54, 1.807) is 0 Å². The normalized spacial score (nSPS) is 12.9. The van der Waals surface area contributed by atoms with E-state index in [1.165, 1.54) is 16.9 Å². The van der Waals surface area contributed by atoms with Crippen molar-refractivity contribution < 1.29 is 0 Å². The number of rotatable bonds is 4. The van der Waals surface area contributed by atoms with Crippen LogP contribution in [0.3, 0.4) is 0 Å². The smallest absolute Gasteiger partial charge is 0.0186 e. The van der Waals surface area contributed by atoms with E-state index in [2.05, 4.69) is 61.7 Å². The molecule has 0 aliphatic rings. The van der Waals surface area contributed by atoms with Gasteiger partial charge in [-0.1, -0.05) is 50.2 Å². The molecule has 2 rings (SSSR count). The van der Waals surface area contributed by atoms with Crippen LogP contribution in [0.15, 0.2) is 47.8 Å². The standard InChI is InChI=1S/C15H18S/c1-12(2)11-14(15-9-6-10-16-15)13-7-4-3-5-8-13/h3-10,12,14H,11H2,1-2H3. The van der Waals surface area contributed by atoms with Crippen LogP contribution in [0.25, 0.3) is 0 Å². The zero-order chi connectivity index (χ0) is 11.4. The average Bonchev–Trinajstić information content (AvgIpc) is 2.80. The van der Waals surface area contributed by atoms with Crippen LogP contribution >= 0.6 is 11.3 Å². The van der Waals surface area contributed by atoms with Crippen molar-refractivity contribution >= 4 is 11.3 Å². The largest absolute Gasteiger partial charge is 0.148 e. The lowest BCUT2D eigenvalue weighted by Gasteiger charge is -2.18. The van der Waals surface area contributed by atoms with E-state index in [4.69, 9.17) is 0 Å². The fourth-order valence-corrected chi connectivity index (χ4v) is 2.93. The lowest BCUT2D eigenvalue weighted by molar-refractivity contribution is 0.546. The van der Waals surface area contributed by atoms with Crippen molar-refractivity contribution in [3.8, 4) is 0 Å². The molecule has 0 N–H and O–H groups in total. The molecule has 0 amide bonds. The van der Waals surface area contributed by atoms with Crippen molar-refractivity contribution in [3.63, 3.8) is 0 Å². The van der Waals surface area contributed by atoms with Gasteiger partial charge >= 0.3 is 0 Å². The predicted octanol–water partition coefficient (Wildman–Crippen LogP) is 4.93. The number of hydrogen-bond donors (Lipinski definition) is 0. The highest BCUT2D eigenvalue weighted by atomic mass is 32.1. The summed E-state index contributed by atoms with van der Waals surface area (Å²) in [5.74, 6) is 1.30. The maximum absolute atomic E-state index is 2.30. The number of thiophene rings is 1. The van der Waals surface area contributed by atoms with Gasteiger partial charge in [-0.25, -0.2) is 0 Å². The van der Waals surface area contributed by atoms with E-state index < -0.39 is 0 Å². The summed E-state index contributed by atoms with van der Waals surface area (Å²) >= 11 is 1.87. The second-order valence-electron chi connectivity index (χ2n) is 4.61. The quantitative estimate of drug-likeness (QED) is 0.699. The Labute approximate surface area is 102 Å². The highest BCUT2D eigenvalue weighted by Gasteiger charge is 2.16. The Bertz CT molecular complexity index is 400. The van der Waals surface area contributed by atoms with Gasteiger partial charge in [0.25, 0.3) is 0 Å². The second-order valence-corrected chi connectivity index (χ2v) is 5.59. The maximum atomic E-state index is 2.30. The Morgan fingerprint density at radius 2 is 1.75 bits per heavy atom. The summed E-state index contributed by atoms with van der Waals surface area (Å²) in [6, 6.07) is 15.2. The Balaban J connectivity index is 2.29. The Morgan fingerprint density at radius 1 is 1.00 bits per heavy atom. The molecule has 1 heteroatoms. The van der Waals surface area contributed by atoms with Crippen molar-refractivity contribution in [1.29, 1.82) is 0 Å². The van der Waals surface area contributed by atoms with Gasteiger partial charge in [0, 0.05) is 10.8 Å². The van der Waals surface area contributed by atoms with Crippen LogP contribution in [0.2, 0.25) is 0 Å². The van der Waals surface area contributed by atoms with Gasteiger partial charge in [0.1, 0.15) is 0 Å². The average molecular weight is 230 g/mol. The first-order valence-corrected chi connectivity index (χ1v) is 6.73. The molecule has 0 bridgehead atoms. The molecule has 0 fully saturated rings. The van der Waals surface area contributed by atoms with Crippen LogP contribution in [-0.4, -0.2) is 0 Å². The predicted molar refractivity (Wildman–Crippen MR) is 72.1 cm³/mol. The molecule has 1 heterocycles. The minimum absolute atomic E-state index is 0.571. The molecule has 2 aromatic rings. The van der Waals surface area contributed by atoms with Crippen LogP contribution in [0, 0.1) is 5.92 Å². The van der Waals surface area contributed by atoms with Gasteiger partial charge in [-0.2, -0.15) is 0 Å². The lowest BCUT2D eigenvalue weighted by Crippen LogP contribution is -2.03. The van der Waals surface area contributed by atoms with Gasteiger partial charge in [0.2, 0.25) is 0 Å². The van der Waals surface area contributed by atoms with Crippen LogP contribution in [0.5, 0.6) is 0 Å². The summed E-state index contributed by atoms with van der Waals surface area (Å²) < 4.78 is 0. The molecule has 1 aromatic heterocycles. The van der Waals surface area contributed by atoms with E-state index >= 15 is 0 Å². The fourth-order valence-electron chi connectivity index (χ4n) is 2.06. The number of hydrogen-bond acceptors (Lipinski definition) is 1. The molecular formula is C15H18S. The second kappa shape index (κ2) is 5.31. The van der Waals surface area contributed by atoms with Gasteiger partial charge in [-0.05, 0) is 29.3 Å². The first-order chi connectivity index (χ1) is 7.77. The van der Waals surface area contributed by atoms with E-state index in [0.29, 0.717) is 5.92 Å². The zero-order valence-electron chi connectivity index (χ0n) is 9.89. The molecule has 16 heavy (non-hydrogen) atoms. The van der Waals surface area contributed by atoms with Crippen LogP contribution in [-0.2, 0) is 0 Å². The van der Waals surface area contributed by atoms with Crippen molar-refractivity contribution in [2.24, 2.45) is 5.92 Å². The third-order valence-electron chi connectivity index (χ3n) is 2.80. The van der Waals surface area contributed by atoms with Crippen molar-refractivity contribution in [2.75, 3.05) is 0 Å². The monoisotopic (exact) mass is 230 g/mol. The summed E-state index contributed by atoms with van der Waals surface area (Å²) in [6.07, 6.45) is 1.23. The summed E-state index contributed by atoms with van der Waals surface area (Å²) in [5.41, 5.74) is 1.44. The Hall–Kier alpha value is -1.08. The highest BCUT2D eigenvalue weighted by Crippen LogP contribution is 2.33. The molecule has 1 unspecified atom stereocenters. The SMILES string of the molecule is CC(C)CC(c1ccccc1)c1cccs1. The molecule has 0 aliphatic carbocycles. The van der Waals surface area contributed by atoms with Gasteiger partial charge in [-0.3, -0.25) is 0 Å². The number of benzene rings is 1.